The summed E-state index contributed by atoms with van der Waals surface area (Å²) in [6, 6.07) is -0.320. The first kappa shape index (κ1) is 17.8. The summed E-state index contributed by atoms with van der Waals surface area (Å²) < 4.78 is 22.9. The monoisotopic (exact) mass is 364 g/mol. The number of hydrogen-bond acceptors (Lipinski definition) is 6. The summed E-state index contributed by atoms with van der Waals surface area (Å²) in [5.41, 5.74) is 1.83. The third-order valence-electron chi connectivity index (χ3n) is 4.60. The van der Waals surface area contributed by atoms with Gasteiger partial charge in [0.25, 0.3) is 5.91 Å². The van der Waals surface area contributed by atoms with Crippen molar-refractivity contribution in [3.63, 3.8) is 0 Å². The van der Waals surface area contributed by atoms with E-state index >= 15 is 0 Å². The number of carbonyl (C=O) groups is 1. The number of allylic oxidation sites excluding steroid dienone is 1. The van der Waals surface area contributed by atoms with E-state index in [9.17, 15) is 13.2 Å². The van der Waals surface area contributed by atoms with E-state index in [1.807, 2.05) is 0 Å². The Hall–Kier alpha value is -1.96. The van der Waals surface area contributed by atoms with Crippen LogP contribution in [0.25, 0.3) is 0 Å². The first-order valence-electron chi connectivity index (χ1n) is 8.77. The van der Waals surface area contributed by atoms with Crippen molar-refractivity contribution in [2.75, 3.05) is 23.4 Å². The van der Waals surface area contributed by atoms with Gasteiger partial charge in [0, 0.05) is 25.0 Å². The molecule has 0 bridgehead atoms. The number of rotatable bonds is 6. The molecule has 2 N–H and O–H groups in total. The zero-order valence-electron chi connectivity index (χ0n) is 14.2. The molecule has 0 saturated carbocycles. The predicted molar refractivity (Wildman–Crippen MR) is 96.2 cm³/mol. The van der Waals surface area contributed by atoms with E-state index in [4.69, 9.17) is 0 Å². The summed E-state index contributed by atoms with van der Waals surface area (Å²) in [6.45, 7) is 0.775. The molecular weight excluding hydrogens is 340 g/mol. The minimum absolute atomic E-state index is 0.00902. The van der Waals surface area contributed by atoms with Gasteiger partial charge in [0.05, 0.1) is 17.1 Å². The lowest BCUT2D eigenvalue weighted by Crippen LogP contribution is -2.35. The molecule has 3 rings (SSSR count). The van der Waals surface area contributed by atoms with E-state index in [1.165, 1.54) is 43.7 Å². The van der Waals surface area contributed by atoms with Gasteiger partial charge in [-0.15, -0.1) is 0 Å². The van der Waals surface area contributed by atoms with E-state index in [-0.39, 0.29) is 23.5 Å². The maximum atomic E-state index is 12.1. The lowest BCUT2D eigenvalue weighted by atomic mass is 9.97. The lowest BCUT2D eigenvalue weighted by Gasteiger charge is -2.13. The van der Waals surface area contributed by atoms with Crippen molar-refractivity contribution in [1.82, 2.24) is 15.3 Å². The van der Waals surface area contributed by atoms with E-state index in [0.717, 1.165) is 13.0 Å². The molecule has 25 heavy (non-hydrogen) atoms. The van der Waals surface area contributed by atoms with Crippen molar-refractivity contribution in [3.05, 3.63) is 29.6 Å². The molecule has 1 aromatic rings. The van der Waals surface area contributed by atoms with Crippen LogP contribution < -0.4 is 10.6 Å². The Morgan fingerprint density at radius 3 is 2.68 bits per heavy atom. The fourth-order valence-corrected chi connectivity index (χ4v) is 4.85. The van der Waals surface area contributed by atoms with Crippen LogP contribution in [0, 0.1) is 0 Å². The average Bonchev–Trinajstić information content (AvgIpc) is 2.95. The Bertz CT molecular complexity index is 744. The fourth-order valence-electron chi connectivity index (χ4n) is 3.18. The van der Waals surface area contributed by atoms with Crippen LogP contribution >= 0.6 is 0 Å². The number of anilines is 1. The van der Waals surface area contributed by atoms with Crippen molar-refractivity contribution in [3.8, 4) is 0 Å². The Morgan fingerprint density at radius 1 is 1.24 bits per heavy atom. The number of aromatic nitrogens is 2. The molecule has 136 valence electrons. The van der Waals surface area contributed by atoms with Gasteiger partial charge in [-0.2, -0.15) is 0 Å². The molecule has 2 aliphatic rings. The Balaban J connectivity index is 1.46. The van der Waals surface area contributed by atoms with Crippen molar-refractivity contribution in [2.24, 2.45) is 0 Å². The molecule has 0 spiro atoms. The molecule has 1 fully saturated rings. The van der Waals surface area contributed by atoms with Crippen LogP contribution in [0.1, 0.15) is 48.9 Å². The first-order chi connectivity index (χ1) is 12.0. The summed E-state index contributed by atoms with van der Waals surface area (Å²) in [6.07, 6.45) is 11.6. The van der Waals surface area contributed by atoms with Crippen LogP contribution in [-0.2, 0) is 9.84 Å². The van der Waals surface area contributed by atoms with Gasteiger partial charge in [0.1, 0.15) is 0 Å². The Morgan fingerprint density at radius 2 is 2.04 bits per heavy atom. The van der Waals surface area contributed by atoms with Gasteiger partial charge in [-0.25, -0.2) is 18.4 Å². The summed E-state index contributed by atoms with van der Waals surface area (Å²) in [5.74, 6) is 0.306. The average molecular weight is 364 g/mol. The highest BCUT2D eigenvalue weighted by molar-refractivity contribution is 7.91. The molecule has 1 amide bonds. The topological polar surface area (TPSA) is 101 Å². The molecule has 1 aromatic heterocycles. The highest BCUT2D eigenvalue weighted by Crippen LogP contribution is 2.19. The number of carbonyl (C=O) groups excluding carboxylic acids is 1. The number of sulfone groups is 1. The summed E-state index contributed by atoms with van der Waals surface area (Å²) in [5, 5.41) is 5.90. The normalized spacial score (nSPS) is 22.2. The molecule has 1 atom stereocenters. The van der Waals surface area contributed by atoms with E-state index in [2.05, 4.69) is 26.7 Å². The Kier molecular flexibility index (Phi) is 5.67. The molecule has 7 nitrogen and oxygen atoms in total. The smallest absolute Gasteiger partial charge is 0.254 e. The number of nitrogens with zero attached hydrogens (tertiary/aromatic N) is 2. The van der Waals surface area contributed by atoms with Crippen LogP contribution in [0.3, 0.4) is 0 Å². The molecular formula is C17H24N4O3S. The largest absolute Gasteiger partial charge is 0.354 e. The van der Waals surface area contributed by atoms with Crippen molar-refractivity contribution >= 4 is 21.7 Å². The zero-order chi connectivity index (χ0) is 17.7. The van der Waals surface area contributed by atoms with E-state index < -0.39 is 9.84 Å². The molecule has 2 heterocycles. The van der Waals surface area contributed by atoms with Gasteiger partial charge >= 0.3 is 0 Å². The van der Waals surface area contributed by atoms with Crippen LogP contribution in [0.4, 0.5) is 5.95 Å². The molecule has 1 aliphatic heterocycles. The maximum Gasteiger partial charge on any atom is 0.254 e. The number of nitrogens with one attached hydrogen (secondary N) is 2. The first-order valence-corrected chi connectivity index (χ1v) is 10.6. The van der Waals surface area contributed by atoms with Crippen LogP contribution in [0.2, 0.25) is 0 Å². The van der Waals surface area contributed by atoms with E-state index in [1.54, 1.807) is 0 Å². The summed E-state index contributed by atoms with van der Waals surface area (Å²) in [7, 11) is -3.01. The second kappa shape index (κ2) is 7.95. The third kappa shape index (κ3) is 5.26. The maximum absolute atomic E-state index is 12.1. The van der Waals surface area contributed by atoms with Crippen LogP contribution in [0.15, 0.2) is 24.0 Å². The lowest BCUT2D eigenvalue weighted by molar-refractivity contribution is 0.0940. The standard InChI is InChI=1S/C17H24N4O3S/c22-16(21-15-7-9-25(23,24)12-15)14-10-19-17(20-11-14)18-8-6-13-4-2-1-3-5-13/h4,10-11,15H,1-3,5-9,12H2,(H,21,22)(H,18,19,20). The van der Waals surface area contributed by atoms with Crippen molar-refractivity contribution in [2.45, 2.75) is 44.6 Å². The Labute approximate surface area is 148 Å². The number of hydrogen-bond donors (Lipinski definition) is 2. The predicted octanol–water partition coefficient (Wildman–Crippen LogP) is 1.70. The minimum atomic E-state index is -3.01. The second-order valence-corrected chi connectivity index (χ2v) is 8.88. The quantitative estimate of drug-likeness (QED) is 0.745. The molecule has 1 saturated heterocycles. The fraction of sp³-hybridized carbons (Fsp3) is 0.588. The third-order valence-corrected chi connectivity index (χ3v) is 6.36. The second-order valence-electron chi connectivity index (χ2n) is 6.65. The molecule has 1 aliphatic carbocycles. The molecule has 1 unspecified atom stereocenters. The van der Waals surface area contributed by atoms with E-state index in [0.29, 0.717) is 17.9 Å². The molecule has 0 radical (unpaired) electrons. The zero-order valence-corrected chi connectivity index (χ0v) is 15.0. The molecule has 8 heteroatoms. The summed E-state index contributed by atoms with van der Waals surface area (Å²) >= 11 is 0. The van der Waals surface area contributed by atoms with Crippen LogP contribution in [-0.4, -0.2) is 48.4 Å². The van der Waals surface area contributed by atoms with Gasteiger partial charge in [-0.3, -0.25) is 4.79 Å². The van der Waals surface area contributed by atoms with Gasteiger partial charge in [0.2, 0.25) is 5.95 Å². The highest BCUT2D eigenvalue weighted by atomic mass is 32.2. The molecule has 0 aromatic carbocycles. The summed E-state index contributed by atoms with van der Waals surface area (Å²) in [4.78, 5) is 20.5. The van der Waals surface area contributed by atoms with Crippen molar-refractivity contribution in [1.29, 1.82) is 0 Å². The van der Waals surface area contributed by atoms with Gasteiger partial charge in [0.15, 0.2) is 9.84 Å². The van der Waals surface area contributed by atoms with Gasteiger partial charge in [-0.1, -0.05) is 11.6 Å². The van der Waals surface area contributed by atoms with Crippen molar-refractivity contribution < 1.29 is 13.2 Å². The van der Waals surface area contributed by atoms with Gasteiger partial charge in [-0.05, 0) is 38.5 Å². The minimum Gasteiger partial charge on any atom is -0.354 e. The number of amides is 1. The highest BCUT2D eigenvalue weighted by Gasteiger charge is 2.29. The SMILES string of the molecule is O=C(NC1CCS(=O)(=O)C1)c1cnc(NCCC2=CCCCC2)nc1. The van der Waals surface area contributed by atoms with Crippen LogP contribution in [0.5, 0.6) is 0 Å². The van der Waals surface area contributed by atoms with Gasteiger partial charge < -0.3 is 10.6 Å².